The molecule has 4 N–H and O–H groups in total. The Kier molecular flexibility index (Phi) is 3.81. The molecule has 1 saturated heterocycles. The number of hydrogen-bond acceptors (Lipinski definition) is 4. The predicted molar refractivity (Wildman–Crippen MR) is 72.0 cm³/mol. The molecule has 1 aliphatic heterocycles. The van der Waals surface area contributed by atoms with Gasteiger partial charge in [0.05, 0.1) is 0 Å². The number of aliphatic hydroxyl groups excluding tert-OH is 1. The SMILES string of the molecule is Cc1cc(C(=N)N)cc(N2CCC(CO)CC2)n1. The lowest BCUT2D eigenvalue weighted by atomic mass is 9.98. The number of piperidine rings is 1. The van der Waals surface area contributed by atoms with Crippen molar-refractivity contribution in [3.63, 3.8) is 0 Å². The number of nitrogen functional groups attached to an aromatic ring is 1. The number of aliphatic hydroxyl groups is 1. The lowest BCUT2D eigenvalue weighted by Crippen LogP contribution is -2.35. The number of pyridine rings is 1. The van der Waals surface area contributed by atoms with Gasteiger partial charge in [-0.15, -0.1) is 0 Å². The van der Waals surface area contributed by atoms with Gasteiger partial charge >= 0.3 is 0 Å². The zero-order valence-electron chi connectivity index (χ0n) is 10.7. The summed E-state index contributed by atoms with van der Waals surface area (Å²) in [4.78, 5) is 6.70. The largest absolute Gasteiger partial charge is 0.396 e. The second kappa shape index (κ2) is 5.35. The minimum absolute atomic E-state index is 0.0759. The van der Waals surface area contributed by atoms with E-state index in [0.29, 0.717) is 5.92 Å². The van der Waals surface area contributed by atoms with E-state index >= 15 is 0 Å². The molecule has 2 heterocycles. The molecule has 5 nitrogen and oxygen atoms in total. The Balaban J connectivity index is 2.16. The van der Waals surface area contributed by atoms with E-state index in [2.05, 4.69) is 9.88 Å². The number of aromatic nitrogens is 1. The summed E-state index contributed by atoms with van der Waals surface area (Å²) in [5, 5.41) is 16.6. The van der Waals surface area contributed by atoms with Gasteiger partial charge in [0.15, 0.2) is 0 Å². The van der Waals surface area contributed by atoms with Crippen molar-refractivity contribution in [2.75, 3.05) is 24.6 Å². The molecular formula is C13H20N4O. The van der Waals surface area contributed by atoms with E-state index in [9.17, 15) is 0 Å². The second-order valence-corrected chi connectivity index (χ2v) is 4.88. The van der Waals surface area contributed by atoms with Crippen LogP contribution in [-0.2, 0) is 0 Å². The molecule has 98 valence electrons. The number of aryl methyl sites for hydroxylation is 1. The van der Waals surface area contributed by atoms with Crippen LogP contribution in [0.1, 0.15) is 24.1 Å². The minimum atomic E-state index is 0.0759. The molecule has 1 aromatic rings. The van der Waals surface area contributed by atoms with E-state index < -0.39 is 0 Å². The number of nitrogens with two attached hydrogens (primary N) is 1. The topological polar surface area (TPSA) is 86.2 Å². The van der Waals surface area contributed by atoms with Gasteiger partial charge in [-0.05, 0) is 37.8 Å². The summed E-state index contributed by atoms with van der Waals surface area (Å²) < 4.78 is 0. The molecule has 2 rings (SSSR count). The number of nitrogens with zero attached hydrogens (tertiary/aromatic N) is 2. The van der Waals surface area contributed by atoms with Crippen molar-refractivity contribution >= 4 is 11.7 Å². The average molecular weight is 248 g/mol. The van der Waals surface area contributed by atoms with Crippen LogP contribution >= 0.6 is 0 Å². The molecule has 0 spiro atoms. The first kappa shape index (κ1) is 12.8. The molecule has 0 aromatic carbocycles. The third-order valence-electron chi connectivity index (χ3n) is 3.45. The predicted octanol–water partition coefficient (Wildman–Crippen LogP) is 0.883. The molecule has 0 saturated carbocycles. The van der Waals surface area contributed by atoms with Gasteiger partial charge in [-0.1, -0.05) is 0 Å². The zero-order chi connectivity index (χ0) is 13.1. The Bertz CT molecular complexity index is 439. The van der Waals surface area contributed by atoms with Crippen LogP contribution in [0.4, 0.5) is 5.82 Å². The summed E-state index contributed by atoms with van der Waals surface area (Å²) in [6.07, 6.45) is 1.98. The molecule has 1 fully saturated rings. The van der Waals surface area contributed by atoms with E-state index in [1.807, 2.05) is 19.1 Å². The summed E-state index contributed by atoms with van der Waals surface area (Å²) in [6.45, 7) is 3.99. The van der Waals surface area contributed by atoms with Crippen molar-refractivity contribution in [3.05, 3.63) is 23.4 Å². The Morgan fingerprint density at radius 3 is 2.72 bits per heavy atom. The molecule has 0 radical (unpaired) electrons. The molecule has 0 unspecified atom stereocenters. The van der Waals surface area contributed by atoms with Crippen LogP contribution in [-0.4, -0.2) is 35.6 Å². The van der Waals surface area contributed by atoms with Crippen molar-refractivity contribution < 1.29 is 5.11 Å². The van der Waals surface area contributed by atoms with E-state index in [0.717, 1.165) is 43.0 Å². The van der Waals surface area contributed by atoms with Crippen molar-refractivity contribution in [1.82, 2.24) is 4.98 Å². The van der Waals surface area contributed by atoms with Crippen molar-refractivity contribution in [1.29, 1.82) is 5.41 Å². The summed E-state index contributed by atoms with van der Waals surface area (Å²) in [5.41, 5.74) is 7.13. The van der Waals surface area contributed by atoms with Gasteiger partial charge in [0.25, 0.3) is 0 Å². The number of anilines is 1. The maximum absolute atomic E-state index is 9.13. The molecule has 0 amide bonds. The fourth-order valence-electron chi connectivity index (χ4n) is 2.31. The highest BCUT2D eigenvalue weighted by Crippen LogP contribution is 2.22. The first-order valence-corrected chi connectivity index (χ1v) is 6.29. The monoisotopic (exact) mass is 248 g/mol. The lowest BCUT2D eigenvalue weighted by Gasteiger charge is -2.32. The van der Waals surface area contributed by atoms with Crippen LogP contribution in [0.15, 0.2) is 12.1 Å². The number of amidine groups is 1. The van der Waals surface area contributed by atoms with Crippen molar-refractivity contribution in [3.8, 4) is 0 Å². The highest BCUT2D eigenvalue weighted by molar-refractivity contribution is 5.95. The van der Waals surface area contributed by atoms with Crippen LogP contribution in [0.25, 0.3) is 0 Å². The van der Waals surface area contributed by atoms with Crippen molar-refractivity contribution in [2.45, 2.75) is 19.8 Å². The lowest BCUT2D eigenvalue weighted by molar-refractivity contribution is 0.203. The molecule has 0 bridgehead atoms. The molecule has 1 aliphatic rings. The highest BCUT2D eigenvalue weighted by Gasteiger charge is 2.20. The second-order valence-electron chi connectivity index (χ2n) is 4.88. The Hall–Kier alpha value is -1.62. The standard InChI is InChI=1S/C13H20N4O/c1-9-6-11(13(14)15)7-12(16-9)17-4-2-10(8-18)3-5-17/h6-7,10,18H,2-5,8H2,1H3,(H3,14,15). The van der Waals surface area contributed by atoms with Crippen LogP contribution in [0.5, 0.6) is 0 Å². The van der Waals surface area contributed by atoms with Crippen LogP contribution in [0, 0.1) is 18.3 Å². The third kappa shape index (κ3) is 2.79. The summed E-state index contributed by atoms with van der Waals surface area (Å²) >= 11 is 0. The van der Waals surface area contributed by atoms with E-state index in [1.165, 1.54) is 0 Å². The van der Waals surface area contributed by atoms with E-state index in [-0.39, 0.29) is 12.4 Å². The average Bonchev–Trinajstić information content (AvgIpc) is 2.38. The van der Waals surface area contributed by atoms with Crippen LogP contribution in [0.2, 0.25) is 0 Å². The maximum atomic E-state index is 9.13. The molecule has 18 heavy (non-hydrogen) atoms. The van der Waals surface area contributed by atoms with Gasteiger partial charge in [0.2, 0.25) is 0 Å². The fraction of sp³-hybridized carbons (Fsp3) is 0.538. The Labute approximate surface area is 107 Å². The maximum Gasteiger partial charge on any atom is 0.129 e. The van der Waals surface area contributed by atoms with Gasteiger partial charge in [-0.25, -0.2) is 4.98 Å². The summed E-state index contributed by atoms with van der Waals surface area (Å²) in [7, 11) is 0. The van der Waals surface area contributed by atoms with E-state index in [4.69, 9.17) is 16.2 Å². The number of nitrogens with one attached hydrogen (secondary N) is 1. The van der Waals surface area contributed by atoms with Crippen LogP contribution in [0.3, 0.4) is 0 Å². The van der Waals surface area contributed by atoms with Gasteiger partial charge < -0.3 is 15.7 Å². The molecule has 0 atom stereocenters. The first-order valence-electron chi connectivity index (χ1n) is 6.29. The molecule has 5 heteroatoms. The minimum Gasteiger partial charge on any atom is -0.396 e. The molecular weight excluding hydrogens is 228 g/mol. The van der Waals surface area contributed by atoms with E-state index in [1.54, 1.807) is 0 Å². The van der Waals surface area contributed by atoms with Crippen LogP contribution < -0.4 is 10.6 Å². The van der Waals surface area contributed by atoms with Gasteiger partial charge in [0.1, 0.15) is 11.7 Å². The molecule has 0 aliphatic carbocycles. The fourth-order valence-corrected chi connectivity index (χ4v) is 2.31. The van der Waals surface area contributed by atoms with Crippen molar-refractivity contribution in [2.24, 2.45) is 11.7 Å². The summed E-state index contributed by atoms with van der Waals surface area (Å²) in [5.74, 6) is 1.38. The number of rotatable bonds is 3. The quantitative estimate of drug-likeness (QED) is 0.547. The smallest absolute Gasteiger partial charge is 0.129 e. The summed E-state index contributed by atoms with van der Waals surface area (Å²) in [6, 6.07) is 3.70. The van der Waals surface area contributed by atoms with Gasteiger partial charge in [-0.2, -0.15) is 0 Å². The normalized spacial score (nSPS) is 16.9. The van der Waals surface area contributed by atoms with Gasteiger partial charge in [-0.3, -0.25) is 5.41 Å². The zero-order valence-corrected chi connectivity index (χ0v) is 10.7. The first-order chi connectivity index (χ1) is 8.60. The number of hydrogen-bond donors (Lipinski definition) is 3. The Morgan fingerprint density at radius 1 is 1.50 bits per heavy atom. The highest BCUT2D eigenvalue weighted by atomic mass is 16.3. The molecule has 1 aromatic heterocycles. The van der Waals surface area contributed by atoms with Gasteiger partial charge in [0, 0.05) is 31.0 Å². The Morgan fingerprint density at radius 2 is 2.17 bits per heavy atom. The third-order valence-corrected chi connectivity index (χ3v) is 3.45.